The molecular weight excluding hydrogens is 446 g/mol. The lowest BCUT2D eigenvalue weighted by atomic mass is 9.91. The highest BCUT2D eigenvalue weighted by Gasteiger charge is 2.39. The van der Waals surface area contributed by atoms with Crippen LogP contribution in [0.2, 0.25) is 0 Å². The van der Waals surface area contributed by atoms with E-state index in [1.165, 1.54) is 0 Å². The Morgan fingerprint density at radius 2 is 1.54 bits per heavy atom. The molecule has 0 aromatic heterocycles. The van der Waals surface area contributed by atoms with Crippen molar-refractivity contribution in [3.05, 3.63) is 59.7 Å². The fraction of sp³-hybridized carbons (Fsp3) is 0.444. The van der Waals surface area contributed by atoms with Gasteiger partial charge in [0.15, 0.2) is 0 Å². The number of nitrogens with zero attached hydrogens (tertiary/aromatic N) is 1. The van der Waals surface area contributed by atoms with E-state index in [2.05, 4.69) is 22.8 Å². The molecule has 0 saturated heterocycles. The fourth-order valence-corrected chi connectivity index (χ4v) is 4.58. The summed E-state index contributed by atoms with van der Waals surface area (Å²) in [4.78, 5) is 39.5. The van der Waals surface area contributed by atoms with E-state index in [9.17, 15) is 19.5 Å². The summed E-state index contributed by atoms with van der Waals surface area (Å²) in [5, 5.41) is 14.9. The average molecular weight is 482 g/mol. The Bertz CT molecular complexity index is 1020. The number of carbonyl (C=O) groups excluding carboxylic acids is 2. The van der Waals surface area contributed by atoms with Crippen molar-refractivity contribution >= 4 is 18.0 Å². The van der Waals surface area contributed by atoms with Crippen LogP contribution < -0.4 is 10.6 Å². The van der Waals surface area contributed by atoms with E-state index in [-0.39, 0.29) is 18.9 Å². The van der Waals surface area contributed by atoms with Crippen molar-refractivity contribution in [1.29, 1.82) is 0 Å². The number of carboxylic acids is 1. The second kappa shape index (κ2) is 11.4. The molecule has 1 aliphatic rings. The zero-order chi connectivity index (χ0) is 25.6. The number of carboxylic acid groups (broad SMARTS) is 1. The minimum atomic E-state index is -1.27. The van der Waals surface area contributed by atoms with E-state index >= 15 is 0 Å². The van der Waals surface area contributed by atoms with Gasteiger partial charge in [0.1, 0.15) is 18.2 Å². The molecule has 8 nitrogen and oxygen atoms in total. The van der Waals surface area contributed by atoms with Gasteiger partial charge < -0.3 is 25.4 Å². The summed E-state index contributed by atoms with van der Waals surface area (Å²) in [7, 11) is 3.67. The Hall–Kier alpha value is -3.39. The highest BCUT2D eigenvalue weighted by molar-refractivity contribution is 5.92. The van der Waals surface area contributed by atoms with Gasteiger partial charge in [-0.25, -0.2) is 9.59 Å². The van der Waals surface area contributed by atoms with Crippen molar-refractivity contribution in [2.75, 3.05) is 27.2 Å². The number of ether oxygens (including phenoxy) is 1. The third-order valence-electron chi connectivity index (χ3n) is 6.80. The van der Waals surface area contributed by atoms with Crippen LogP contribution in [0.1, 0.15) is 50.2 Å². The van der Waals surface area contributed by atoms with Crippen LogP contribution in [0.4, 0.5) is 4.79 Å². The number of alkyl carbamates (subject to hydrolysis) is 1. The zero-order valence-corrected chi connectivity index (χ0v) is 20.8. The fourth-order valence-electron chi connectivity index (χ4n) is 4.58. The van der Waals surface area contributed by atoms with Crippen molar-refractivity contribution in [2.24, 2.45) is 0 Å². The van der Waals surface area contributed by atoms with Crippen LogP contribution in [0, 0.1) is 0 Å². The summed E-state index contributed by atoms with van der Waals surface area (Å²) in [6.45, 7) is 4.19. The Morgan fingerprint density at radius 1 is 1.00 bits per heavy atom. The normalized spacial score (nSPS) is 13.6. The van der Waals surface area contributed by atoms with Crippen LogP contribution in [-0.2, 0) is 14.3 Å². The van der Waals surface area contributed by atoms with Crippen LogP contribution in [-0.4, -0.2) is 66.8 Å². The number of rotatable bonds is 11. The molecule has 8 heteroatoms. The Balaban J connectivity index is 1.69. The minimum Gasteiger partial charge on any atom is -0.480 e. The van der Waals surface area contributed by atoms with E-state index in [1.54, 1.807) is 13.8 Å². The predicted molar refractivity (Wildman–Crippen MR) is 134 cm³/mol. The van der Waals surface area contributed by atoms with Gasteiger partial charge in [-0.15, -0.1) is 0 Å². The van der Waals surface area contributed by atoms with Gasteiger partial charge in [0, 0.05) is 12.5 Å². The molecule has 2 aromatic rings. The minimum absolute atomic E-state index is 0.0953. The average Bonchev–Trinajstić information content (AvgIpc) is 3.17. The Morgan fingerprint density at radius 3 is 2.03 bits per heavy atom. The van der Waals surface area contributed by atoms with Crippen LogP contribution >= 0.6 is 0 Å². The number of hydrogen-bond donors (Lipinski definition) is 3. The van der Waals surface area contributed by atoms with Gasteiger partial charge in [0.2, 0.25) is 5.91 Å². The molecule has 1 atom stereocenters. The second-order valence-electron chi connectivity index (χ2n) is 9.20. The molecule has 0 aliphatic heterocycles. The molecule has 2 amide bonds. The van der Waals surface area contributed by atoms with Crippen molar-refractivity contribution < 1.29 is 24.2 Å². The second-order valence-corrected chi connectivity index (χ2v) is 9.20. The molecule has 1 aliphatic carbocycles. The molecule has 0 heterocycles. The number of aliphatic carboxylic acids is 1. The first-order valence-electron chi connectivity index (χ1n) is 12.0. The van der Waals surface area contributed by atoms with Crippen LogP contribution in [0.25, 0.3) is 11.1 Å². The van der Waals surface area contributed by atoms with Crippen LogP contribution in [0.5, 0.6) is 0 Å². The van der Waals surface area contributed by atoms with E-state index in [0.29, 0.717) is 19.4 Å². The number of carbonyl (C=O) groups is 3. The zero-order valence-electron chi connectivity index (χ0n) is 20.8. The maximum absolute atomic E-state index is 13.2. The molecule has 0 fully saturated rings. The number of fused-ring (bicyclic) bond motifs is 3. The number of hydrogen-bond acceptors (Lipinski definition) is 5. The van der Waals surface area contributed by atoms with Crippen LogP contribution in [0.3, 0.4) is 0 Å². The van der Waals surface area contributed by atoms with Crippen molar-refractivity contribution in [3.63, 3.8) is 0 Å². The van der Waals surface area contributed by atoms with Crippen molar-refractivity contribution in [3.8, 4) is 11.1 Å². The molecule has 0 radical (unpaired) electrons. The van der Waals surface area contributed by atoms with E-state index in [0.717, 1.165) is 22.3 Å². The molecule has 0 saturated carbocycles. The first kappa shape index (κ1) is 26.2. The lowest BCUT2D eigenvalue weighted by Gasteiger charge is -2.32. The third kappa shape index (κ3) is 5.82. The summed E-state index contributed by atoms with van der Waals surface area (Å²) >= 11 is 0. The van der Waals surface area contributed by atoms with E-state index in [1.807, 2.05) is 55.4 Å². The quantitative estimate of drug-likeness (QED) is 0.453. The molecule has 0 bridgehead atoms. The summed E-state index contributed by atoms with van der Waals surface area (Å²) in [5.41, 5.74) is 3.19. The van der Waals surface area contributed by atoms with Gasteiger partial charge in [0.05, 0.1) is 0 Å². The highest BCUT2D eigenvalue weighted by Crippen LogP contribution is 2.44. The smallest absolute Gasteiger partial charge is 0.408 e. The standard InChI is InChI=1S/C27H35N3O5/c1-5-27(6-2,25(33)28-23(24(31)32)15-16-30(3)4)29-26(34)35-17-22-20-13-9-7-11-18(20)19-12-8-10-14-21(19)22/h7-14,22-23H,5-6,15-17H2,1-4H3,(H,28,33)(H,29,34)(H,31,32). The SMILES string of the molecule is CCC(CC)(NC(=O)OCC1c2ccccc2-c2ccccc21)C(=O)NC(CCN(C)C)C(=O)O. The molecule has 2 aromatic carbocycles. The van der Waals surface area contributed by atoms with Gasteiger partial charge in [-0.3, -0.25) is 4.79 Å². The van der Waals surface area contributed by atoms with Gasteiger partial charge in [-0.2, -0.15) is 0 Å². The predicted octanol–water partition coefficient (Wildman–Crippen LogP) is 3.61. The Kier molecular flexibility index (Phi) is 8.51. The molecule has 1 unspecified atom stereocenters. The molecule has 3 N–H and O–H groups in total. The lowest BCUT2D eigenvalue weighted by molar-refractivity contribution is -0.143. The number of amides is 2. The van der Waals surface area contributed by atoms with Gasteiger partial charge in [0.25, 0.3) is 0 Å². The largest absolute Gasteiger partial charge is 0.480 e. The molecule has 35 heavy (non-hydrogen) atoms. The van der Waals surface area contributed by atoms with E-state index in [4.69, 9.17) is 4.74 Å². The highest BCUT2D eigenvalue weighted by atomic mass is 16.5. The molecular formula is C27H35N3O5. The first-order valence-corrected chi connectivity index (χ1v) is 12.0. The monoisotopic (exact) mass is 481 g/mol. The lowest BCUT2D eigenvalue weighted by Crippen LogP contribution is -2.61. The number of benzene rings is 2. The van der Waals surface area contributed by atoms with Crippen molar-refractivity contribution in [2.45, 2.75) is 50.6 Å². The molecule has 0 spiro atoms. The summed E-state index contributed by atoms with van der Waals surface area (Å²) in [6, 6.07) is 15.1. The topological polar surface area (TPSA) is 108 Å². The molecule has 3 rings (SSSR count). The van der Waals surface area contributed by atoms with Gasteiger partial charge >= 0.3 is 12.1 Å². The summed E-state index contributed by atoms with van der Waals surface area (Å²) in [5.74, 6) is -1.73. The summed E-state index contributed by atoms with van der Waals surface area (Å²) in [6.07, 6.45) is 0.132. The van der Waals surface area contributed by atoms with Crippen molar-refractivity contribution in [1.82, 2.24) is 15.5 Å². The summed E-state index contributed by atoms with van der Waals surface area (Å²) < 4.78 is 5.63. The first-order chi connectivity index (χ1) is 16.7. The van der Waals surface area contributed by atoms with Gasteiger partial charge in [-0.05, 0) is 55.6 Å². The third-order valence-corrected chi connectivity index (χ3v) is 6.80. The Labute approximate surface area is 206 Å². The molecule has 188 valence electrons. The number of nitrogens with one attached hydrogen (secondary N) is 2. The van der Waals surface area contributed by atoms with E-state index < -0.39 is 29.6 Å². The maximum atomic E-state index is 13.2. The van der Waals surface area contributed by atoms with Crippen LogP contribution in [0.15, 0.2) is 48.5 Å². The maximum Gasteiger partial charge on any atom is 0.408 e. The van der Waals surface area contributed by atoms with Gasteiger partial charge in [-0.1, -0.05) is 62.4 Å².